The summed E-state index contributed by atoms with van der Waals surface area (Å²) in [6.07, 6.45) is 5.07. The van der Waals surface area contributed by atoms with Crippen LogP contribution in [0.3, 0.4) is 0 Å². The molecule has 0 aliphatic heterocycles. The van der Waals surface area contributed by atoms with Gasteiger partial charge in [0, 0.05) is 30.4 Å². The van der Waals surface area contributed by atoms with Crippen molar-refractivity contribution in [1.29, 1.82) is 0 Å². The Morgan fingerprint density at radius 2 is 1.83 bits per heavy atom. The first-order valence-electron chi connectivity index (χ1n) is 9.04. The van der Waals surface area contributed by atoms with E-state index in [0.717, 1.165) is 24.0 Å². The van der Waals surface area contributed by atoms with Crippen LogP contribution in [0.4, 0.5) is 11.8 Å². The van der Waals surface area contributed by atoms with Crippen LogP contribution in [-0.4, -0.2) is 22.1 Å². The van der Waals surface area contributed by atoms with E-state index in [2.05, 4.69) is 65.4 Å². The minimum Gasteiger partial charge on any atom is -0.351 e. The van der Waals surface area contributed by atoms with Crippen LogP contribution in [0.25, 0.3) is 0 Å². The lowest BCUT2D eigenvalue weighted by Crippen LogP contribution is -2.31. The molecule has 1 aliphatic carbocycles. The molecule has 128 valence electrons. The summed E-state index contributed by atoms with van der Waals surface area (Å²) in [5, 5.41) is 3.53. The zero-order valence-corrected chi connectivity index (χ0v) is 15.0. The highest BCUT2D eigenvalue weighted by molar-refractivity contribution is 5.46. The highest BCUT2D eigenvalue weighted by Gasteiger charge is 2.18. The summed E-state index contributed by atoms with van der Waals surface area (Å²) in [5.74, 6) is 1.78. The van der Waals surface area contributed by atoms with E-state index in [4.69, 9.17) is 4.98 Å². The molecule has 1 heterocycles. The second-order valence-electron chi connectivity index (χ2n) is 7.02. The van der Waals surface area contributed by atoms with Gasteiger partial charge in [-0.3, -0.25) is 0 Å². The topological polar surface area (TPSA) is 41.1 Å². The Kier molecular flexibility index (Phi) is 5.34. The molecule has 0 saturated heterocycles. The summed E-state index contributed by atoms with van der Waals surface area (Å²) < 4.78 is 0. The quantitative estimate of drug-likeness (QED) is 0.846. The molecule has 0 unspecified atom stereocenters. The third-order valence-electron chi connectivity index (χ3n) is 4.64. The average molecular weight is 324 g/mol. The van der Waals surface area contributed by atoms with Crippen LogP contribution in [0.1, 0.15) is 50.8 Å². The third kappa shape index (κ3) is 4.25. The van der Waals surface area contributed by atoms with Crippen LogP contribution < -0.4 is 10.2 Å². The third-order valence-corrected chi connectivity index (χ3v) is 4.64. The van der Waals surface area contributed by atoms with Crippen molar-refractivity contribution in [3.8, 4) is 0 Å². The van der Waals surface area contributed by atoms with Crippen LogP contribution in [0, 0.1) is 6.92 Å². The maximum Gasteiger partial charge on any atom is 0.225 e. The van der Waals surface area contributed by atoms with Gasteiger partial charge in [0.15, 0.2) is 0 Å². The van der Waals surface area contributed by atoms with Gasteiger partial charge in [-0.2, -0.15) is 4.98 Å². The fraction of sp³-hybridized carbons (Fsp3) is 0.500. The molecule has 0 atom stereocenters. The standard InChI is InChI=1S/C20H28N4/c1-15(2)24(14-17-9-5-4-6-10-17)19-13-16(3)21-20(23-19)22-18-11-7-8-12-18/h4-6,9-10,13,15,18H,7-8,11-12,14H2,1-3H3,(H,21,22,23). The maximum atomic E-state index is 4.82. The SMILES string of the molecule is Cc1cc(N(Cc2ccccc2)C(C)C)nc(NC2CCCC2)n1. The summed E-state index contributed by atoms with van der Waals surface area (Å²) in [4.78, 5) is 11.8. The lowest BCUT2D eigenvalue weighted by atomic mass is 10.2. The first-order chi connectivity index (χ1) is 11.6. The summed E-state index contributed by atoms with van der Waals surface area (Å²) >= 11 is 0. The van der Waals surface area contributed by atoms with Crippen molar-refractivity contribution < 1.29 is 0 Å². The minimum atomic E-state index is 0.374. The van der Waals surface area contributed by atoms with Gasteiger partial charge in [0.25, 0.3) is 0 Å². The number of aryl methyl sites for hydroxylation is 1. The van der Waals surface area contributed by atoms with Gasteiger partial charge >= 0.3 is 0 Å². The van der Waals surface area contributed by atoms with Crippen LogP contribution >= 0.6 is 0 Å². The number of rotatable bonds is 6. The van der Waals surface area contributed by atoms with Crippen LogP contribution in [0.15, 0.2) is 36.4 Å². The first kappa shape index (κ1) is 16.7. The second kappa shape index (κ2) is 7.65. The van der Waals surface area contributed by atoms with Crippen LogP contribution in [0.5, 0.6) is 0 Å². The zero-order chi connectivity index (χ0) is 16.9. The first-order valence-corrected chi connectivity index (χ1v) is 9.04. The molecule has 1 fully saturated rings. The maximum absolute atomic E-state index is 4.82. The fourth-order valence-electron chi connectivity index (χ4n) is 3.32. The second-order valence-corrected chi connectivity index (χ2v) is 7.02. The summed E-state index contributed by atoms with van der Waals surface area (Å²) in [6.45, 7) is 7.33. The number of hydrogen-bond acceptors (Lipinski definition) is 4. The predicted octanol–water partition coefficient (Wildman–Crippen LogP) is 4.55. The normalized spacial score (nSPS) is 15.0. The summed E-state index contributed by atoms with van der Waals surface area (Å²) in [6, 6.07) is 13.6. The van der Waals surface area contributed by atoms with Gasteiger partial charge in [-0.05, 0) is 39.2 Å². The highest BCUT2D eigenvalue weighted by Crippen LogP contribution is 2.24. The smallest absolute Gasteiger partial charge is 0.225 e. The molecule has 1 N–H and O–H groups in total. The number of benzene rings is 1. The Hall–Kier alpha value is -2.10. The number of nitrogens with zero attached hydrogens (tertiary/aromatic N) is 3. The zero-order valence-electron chi connectivity index (χ0n) is 15.0. The van der Waals surface area contributed by atoms with Crippen molar-refractivity contribution in [1.82, 2.24) is 9.97 Å². The van der Waals surface area contributed by atoms with Crippen molar-refractivity contribution in [2.75, 3.05) is 10.2 Å². The molecule has 3 rings (SSSR count). The fourth-order valence-corrected chi connectivity index (χ4v) is 3.32. The molecular formula is C20H28N4. The molecule has 1 saturated carbocycles. The molecule has 0 bridgehead atoms. The molecule has 1 aromatic carbocycles. The van der Waals surface area contributed by atoms with Crippen molar-refractivity contribution in [2.24, 2.45) is 0 Å². The van der Waals surface area contributed by atoms with Gasteiger partial charge in [0.2, 0.25) is 5.95 Å². The molecule has 0 radical (unpaired) electrons. The number of aromatic nitrogens is 2. The van der Waals surface area contributed by atoms with Crippen LogP contribution in [0.2, 0.25) is 0 Å². The Bertz CT molecular complexity index is 648. The Labute approximate surface area is 145 Å². The monoisotopic (exact) mass is 324 g/mol. The number of anilines is 2. The summed E-state index contributed by atoms with van der Waals surface area (Å²) in [5.41, 5.74) is 2.31. The number of hydrogen-bond donors (Lipinski definition) is 1. The lowest BCUT2D eigenvalue weighted by Gasteiger charge is -2.28. The van der Waals surface area contributed by atoms with E-state index in [1.165, 1.54) is 31.2 Å². The van der Waals surface area contributed by atoms with E-state index in [1.54, 1.807) is 0 Å². The van der Waals surface area contributed by atoms with Gasteiger partial charge in [-0.25, -0.2) is 4.98 Å². The van der Waals surface area contributed by atoms with Crippen molar-refractivity contribution in [2.45, 2.75) is 65.1 Å². The van der Waals surface area contributed by atoms with Crippen molar-refractivity contribution in [3.05, 3.63) is 47.7 Å². The molecule has 4 heteroatoms. The van der Waals surface area contributed by atoms with Crippen molar-refractivity contribution >= 4 is 11.8 Å². The van der Waals surface area contributed by atoms with E-state index < -0.39 is 0 Å². The van der Waals surface area contributed by atoms with Gasteiger partial charge in [-0.15, -0.1) is 0 Å². The largest absolute Gasteiger partial charge is 0.351 e. The molecule has 24 heavy (non-hydrogen) atoms. The van der Waals surface area contributed by atoms with Gasteiger partial charge < -0.3 is 10.2 Å². The van der Waals surface area contributed by atoms with E-state index >= 15 is 0 Å². The molecule has 4 nitrogen and oxygen atoms in total. The Morgan fingerprint density at radius 3 is 2.50 bits per heavy atom. The lowest BCUT2D eigenvalue weighted by molar-refractivity contribution is 0.669. The van der Waals surface area contributed by atoms with Crippen molar-refractivity contribution in [3.63, 3.8) is 0 Å². The molecular weight excluding hydrogens is 296 g/mol. The van der Waals surface area contributed by atoms with Gasteiger partial charge in [0.05, 0.1) is 0 Å². The molecule has 1 aromatic heterocycles. The van der Waals surface area contributed by atoms with E-state index in [1.807, 2.05) is 6.92 Å². The van der Waals surface area contributed by atoms with E-state index in [-0.39, 0.29) is 0 Å². The van der Waals surface area contributed by atoms with Gasteiger partial charge in [0.1, 0.15) is 5.82 Å². The minimum absolute atomic E-state index is 0.374. The van der Waals surface area contributed by atoms with E-state index in [0.29, 0.717) is 12.1 Å². The van der Waals surface area contributed by atoms with E-state index in [9.17, 15) is 0 Å². The molecule has 0 spiro atoms. The summed E-state index contributed by atoms with van der Waals surface area (Å²) in [7, 11) is 0. The molecule has 0 amide bonds. The van der Waals surface area contributed by atoms with Crippen LogP contribution in [-0.2, 0) is 6.54 Å². The number of nitrogens with one attached hydrogen (secondary N) is 1. The predicted molar refractivity (Wildman–Crippen MR) is 100 cm³/mol. The Balaban J connectivity index is 1.82. The van der Waals surface area contributed by atoms with Gasteiger partial charge in [-0.1, -0.05) is 43.2 Å². The average Bonchev–Trinajstić information content (AvgIpc) is 3.05. The molecule has 2 aromatic rings. The molecule has 1 aliphatic rings. The Morgan fingerprint density at radius 1 is 1.12 bits per heavy atom. The highest BCUT2D eigenvalue weighted by atomic mass is 15.2.